The van der Waals surface area contributed by atoms with Gasteiger partial charge in [0.25, 0.3) is 11.8 Å². The van der Waals surface area contributed by atoms with Crippen LogP contribution >= 0.6 is 0 Å². The molecule has 1 fully saturated rings. The molecular weight excluding hydrogens is 388 g/mol. The number of hydrogen-bond acceptors (Lipinski definition) is 6. The number of phenolic OH excluding ortho intramolecular Hbond substituents is 3. The first-order valence-electron chi connectivity index (χ1n) is 9.78. The van der Waals surface area contributed by atoms with Crippen LogP contribution in [0, 0.1) is 13.8 Å². The van der Waals surface area contributed by atoms with Gasteiger partial charge in [0.05, 0.1) is 0 Å². The monoisotopic (exact) mass is 414 g/mol. The van der Waals surface area contributed by atoms with Gasteiger partial charge in [-0.3, -0.25) is 9.59 Å². The molecule has 0 atom stereocenters. The van der Waals surface area contributed by atoms with E-state index in [4.69, 9.17) is 4.74 Å². The second kappa shape index (κ2) is 8.94. The minimum atomic E-state index is -0.656. The smallest absolute Gasteiger partial charge is 0.258 e. The SMILES string of the molecule is Cc1ccc(OCC(=O)NC2CCN(C(=O)c3cc(O)c(O)c(O)c3)CC2)cc1C. The van der Waals surface area contributed by atoms with Gasteiger partial charge in [-0.05, 0) is 62.1 Å². The average molecular weight is 414 g/mol. The summed E-state index contributed by atoms with van der Waals surface area (Å²) in [4.78, 5) is 26.3. The fourth-order valence-electron chi connectivity index (χ4n) is 3.36. The number of ether oxygens (including phenoxy) is 1. The Bertz CT molecular complexity index is 928. The van der Waals surface area contributed by atoms with Crippen molar-refractivity contribution in [3.8, 4) is 23.0 Å². The Morgan fingerprint density at radius 2 is 1.67 bits per heavy atom. The Balaban J connectivity index is 1.47. The number of nitrogens with zero attached hydrogens (tertiary/aromatic N) is 1. The van der Waals surface area contributed by atoms with Gasteiger partial charge in [0.15, 0.2) is 23.9 Å². The molecule has 8 heteroatoms. The first-order chi connectivity index (χ1) is 14.2. The minimum absolute atomic E-state index is 0.0634. The number of rotatable bonds is 5. The van der Waals surface area contributed by atoms with Gasteiger partial charge >= 0.3 is 0 Å². The summed E-state index contributed by atoms with van der Waals surface area (Å²) in [6.07, 6.45) is 1.16. The molecule has 0 aliphatic carbocycles. The van der Waals surface area contributed by atoms with Crippen molar-refractivity contribution in [1.29, 1.82) is 0 Å². The lowest BCUT2D eigenvalue weighted by Crippen LogP contribution is -2.47. The summed E-state index contributed by atoms with van der Waals surface area (Å²) in [5.41, 5.74) is 2.35. The van der Waals surface area contributed by atoms with Crippen LogP contribution in [0.3, 0.4) is 0 Å². The van der Waals surface area contributed by atoms with Gasteiger partial charge in [-0.25, -0.2) is 0 Å². The van der Waals surface area contributed by atoms with Crippen LogP contribution in [0.15, 0.2) is 30.3 Å². The first-order valence-corrected chi connectivity index (χ1v) is 9.78. The molecule has 1 aliphatic heterocycles. The number of aromatic hydroxyl groups is 3. The van der Waals surface area contributed by atoms with E-state index in [0.29, 0.717) is 31.7 Å². The van der Waals surface area contributed by atoms with Gasteiger partial charge in [-0.15, -0.1) is 0 Å². The van der Waals surface area contributed by atoms with E-state index in [-0.39, 0.29) is 30.0 Å². The molecule has 0 saturated carbocycles. The predicted molar refractivity (Wildman–Crippen MR) is 110 cm³/mol. The molecule has 2 aromatic carbocycles. The molecule has 0 spiro atoms. The van der Waals surface area contributed by atoms with Crippen LogP contribution in [0.5, 0.6) is 23.0 Å². The van der Waals surface area contributed by atoms with Crippen LogP contribution in [0.4, 0.5) is 0 Å². The third-order valence-corrected chi connectivity index (χ3v) is 5.31. The highest BCUT2D eigenvalue weighted by Crippen LogP contribution is 2.35. The van der Waals surface area contributed by atoms with Crippen molar-refractivity contribution in [3.63, 3.8) is 0 Å². The third-order valence-electron chi connectivity index (χ3n) is 5.31. The number of carbonyl (C=O) groups excluding carboxylic acids is 2. The van der Waals surface area contributed by atoms with E-state index in [1.165, 1.54) is 0 Å². The minimum Gasteiger partial charge on any atom is -0.504 e. The molecule has 2 aromatic rings. The number of hydrogen-bond donors (Lipinski definition) is 4. The molecule has 0 unspecified atom stereocenters. The standard InChI is InChI=1S/C22H26N2O6/c1-13-3-4-17(9-14(13)2)30-12-20(27)23-16-5-7-24(8-6-16)22(29)15-10-18(25)21(28)19(26)11-15/h3-4,9-11,16,25-26,28H,5-8,12H2,1-2H3,(H,23,27). The van der Waals surface area contributed by atoms with Gasteiger partial charge in [0.1, 0.15) is 5.75 Å². The summed E-state index contributed by atoms with van der Waals surface area (Å²) in [7, 11) is 0. The van der Waals surface area contributed by atoms with Gasteiger partial charge in [0.2, 0.25) is 0 Å². The predicted octanol–water partition coefficient (Wildman–Crippen LogP) is 2.22. The summed E-state index contributed by atoms with van der Waals surface area (Å²) in [5, 5.41) is 31.5. The molecule has 30 heavy (non-hydrogen) atoms. The number of piperidine rings is 1. The number of nitrogens with one attached hydrogen (secondary N) is 1. The lowest BCUT2D eigenvalue weighted by Gasteiger charge is -2.32. The number of carbonyl (C=O) groups is 2. The van der Waals surface area contributed by atoms with E-state index in [9.17, 15) is 24.9 Å². The van der Waals surface area contributed by atoms with Gasteiger partial charge in [-0.2, -0.15) is 0 Å². The summed E-state index contributed by atoms with van der Waals surface area (Å²) in [5.74, 6) is -1.69. The molecule has 8 nitrogen and oxygen atoms in total. The zero-order valence-corrected chi connectivity index (χ0v) is 17.0. The fraction of sp³-hybridized carbons (Fsp3) is 0.364. The van der Waals surface area contributed by atoms with E-state index in [1.54, 1.807) is 4.90 Å². The number of benzene rings is 2. The van der Waals surface area contributed by atoms with E-state index in [2.05, 4.69) is 5.32 Å². The molecular formula is C22H26N2O6. The summed E-state index contributed by atoms with van der Waals surface area (Å²) >= 11 is 0. The van der Waals surface area contributed by atoms with Crippen LogP contribution in [-0.4, -0.2) is 57.8 Å². The van der Waals surface area contributed by atoms with Gasteiger partial charge in [-0.1, -0.05) is 6.07 Å². The molecule has 1 saturated heterocycles. The number of amides is 2. The third kappa shape index (κ3) is 4.94. The largest absolute Gasteiger partial charge is 0.504 e. The van der Waals surface area contributed by atoms with Crippen molar-refractivity contribution in [3.05, 3.63) is 47.0 Å². The lowest BCUT2D eigenvalue weighted by atomic mass is 10.0. The van der Waals surface area contributed by atoms with E-state index < -0.39 is 17.2 Å². The number of aryl methyl sites for hydroxylation is 2. The topological polar surface area (TPSA) is 119 Å². The zero-order valence-electron chi connectivity index (χ0n) is 17.0. The van der Waals surface area contributed by atoms with E-state index in [0.717, 1.165) is 23.3 Å². The van der Waals surface area contributed by atoms with E-state index in [1.807, 2.05) is 32.0 Å². The van der Waals surface area contributed by atoms with Crippen molar-refractivity contribution in [2.75, 3.05) is 19.7 Å². The van der Waals surface area contributed by atoms with Crippen LogP contribution < -0.4 is 10.1 Å². The first kappa shape index (κ1) is 21.3. The zero-order chi connectivity index (χ0) is 21.8. The molecule has 4 N–H and O–H groups in total. The highest BCUT2D eigenvalue weighted by Gasteiger charge is 2.26. The molecule has 160 valence electrons. The maximum Gasteiger partial charge on any atom is 0.258 e. The van der Waals surface area contributed by atoms with Crippen molar-refractivity contribution in [2.24, 2.45) is 0 Å². The molecule has 1 heterocycles. The molecule has 0 bridgehead atoms. The highest BCUT2D eigenvalue weighted by atomic mass is 16.5. The van der Waals surface area contributed by atoms with Gasteiger partial charge in [0, 0.05) is 24.7 Å². The van der Waals surface area contributed by atoms with Crippen LogP contribution in [0.2, 0.25) is 0 Å². The Labute approximate surface area is 174 Å². The van der Waals surface area contributed by atoms with Crippen molar-refractivity contribution >= 4 is 11.8 Å². The van der Waals surface area contributed by atoms with Crippen LogP contribution in [0.1, 0.15) is 34.3 Å². The number of phenols is 3. The second-order valence-corrected chi connectivity index (χ2v) is 7.53. The Hall–Kier alpha value is -3.42. The Morgan fingerprint density at radius 3 is 2.27 bits per heavy atom. The maximum absolute atomic E-state index is 12.6. The molecule has 3 rings (SSSR count). The number of likely N-dealkylation sites (tertiary alicyclic amines) is 1. The maximum atomic E-state index is 12.6. The quantitative estimate of drug-likeness (QED) is 0.557. The molecule has 0 aromatic heterocycles. The summed E-state index contributed by atoms with van der Waals surface area (Å²) in [6.45, 7) is 4.76. The fourth-order valence-corrected chi connectivity index (χ4v) is 3.36. The van der Waals surface area contributed by atoms with Crippen molar-refractivity contribution in [2.45, 2.75) is 32.7 Å². The average Bonchev–Trinajstić information content (AvgIpc) is 2.72. The van der Waals surface area contributed by atoms with Gasteiger partial charge < -0.3 is 30.3 Å². The Morgan fingerprint density at radius 1 is 1.03 bits per heavy atom. The molecule has 0 radical (unpaired) electrons. The molecule has 1 aliphatic rings. The van der Waals surface area contributed by atoms with Crippen molar-refractivity contribution in [1.82, 2.24) is 10.2 Å². The normalized spacial score (nSPS) is 14.4. The van der Waals surface area contributed by atoms with Crippen molar-refractivity contribution < 1.29 is 29.6 Å². The summed E-state index contributed by atoms with van der Waals surface area (Å²) < 4.78 is 5.55. The van der Waals surface area contributed by atoms with E-state index >= 15 is 0 Å². The van der Waals surface area contributed by atoms with Crippen LogP contribution in [-0.2, 0) is 4.79 Å². The second-order valence-electron chi connectivity index (χ2n) is 7.53. The highest BCUT2D eigenvalue weighted by molar-refractivity contribution is 5.95. The van der Waals surface area contributed by atoms with Crippen LogP contribution in [0.25, 0.3) is 0 Å². The summed E-state index contributed by atoms with van der Waals surface area (Å²) in [6, 6.07) is 7.85. The lowest BCUT2D eigenvalue weighted by molar-refractivity contribution is -0.124. The Kier molecular flexibility index (Phi) is 6.34. The molecule has 2 amide bonds.